The number of nitrogens with zero attached hydrogens (tertiary/aromatic N) is 3. The fraction of sp³-hybridized carbons (Fsp3) is 0.250. The van der Waals surface area contributed by atoms with Crippen molar-refractivity contribution in [3.8, 4) is 0 Å². The molecule has 46 heavy (non-hydrogen) atoms. The van der Waals surface area contributed by atoms with Crippen LogP contribution in [0.15, 0.2) is 72.9 Å². The van der Waals surface area contributed by atoms with Crippen molar-refractivity contribution in [3.63, 3.8) is 0 Å². The number of benzene rings is 3. The number of para-hydroxylation sites is 1. The summed E-state index contributed by atoms with van der Waals surface area (Å²) in [5.74, 6) is -2.94. The minimum atomic E-state index is -5.14. The van der Waals surface area contributed by atoms with Crippen LogP contribution in [0.25, 0.3) is 10.9 Å². The molecule has 0 aliphatic carbocycles. The second kappa shape index (κ2) is 11.3. The maximum Gasteiger partial charge on any atom is 0.416 e. The Morgan fingerprint density at radius 2 is 1.39 bits per heavy atom. The van der Waals surface area contributed by atoms with Gasteiger partial charge in [-0.15, -0.1) is 0 Å². The monoisotopic (exact) mass is 642 g/mol. The summed E-state index contributed by atoms with van der Waals surface area (Å²) in [6.45, 7) is -1.10. The average molecular weight is 643 g/mol. The minimum Gasteiger partial charge on any atom is -0.361 e. The van der Waals surface area contributed by atoms with Crippen LogP contribution in [0.2, 0.25) is 0 Å². The van der Waals surface area contributed by atoms with Crippen LogP contribution < -0.4 is 0 Å². The van der Waals surface area contributed by atoms with E-state index in [4.69, 9.17) is 0 Å². The highest BCUT2D eigenvalue weighted by Gasteiger charge is 2.41. The zero-order chi connectivity index (χ0) is 33.0. The number of rotatable bonds is 5. The number of piperazine rings is 1. The lowest BCUT2D eigenvalue weighted by Crippen LogP contribution is -2.58. The van der Waals surface area contributed by atoms with Gasteiger partial charge in [0.15, 0.2) is 0 Å². The van der Waals surface area contributed by atoms with Crippen LogP contribution >= 0.6 is 0 Å². The van der Waals surface area contributed by atoms with Gasteiger partial charge in [0.25, 0.3) is 17.7 Å². The summed E-state index contributed by atoms with van der Waals surface area (Å²) >= 11 is 0. The van der Waals surface area contributed by atoms with E-state index in [2.05, 4.69) is 4.98 Å². The summed E-state index contributed by atoms with van der Waals surface area (Å²) in [7, 11) is 0. The molecule has 1 aromatic heterocycles. The highest BCUT2D eigenvalue weighted by molar-refractivity contribution is 6.22. The number of amides is 4. The molecule has 2 aliphatic rings. The molecule has 4 amide bonds. The van der Waals surface area contributed by atoms with Gasteiger partial charge in [-0.3, -0.25) is 24.1 Å². The van der Waals surface area contributed by atoms with E-state index >= 15 is 0 Å². The number of aromatic nitrogens is 1. The number of halogens is 6. The highest BCUT2D eigenvalue weighted by atomic mass is 19.4. The van der Waals surface area contributed by atoms with Gasteiger partial charge in [-0.2, -0.15) is 26.3 Å². The van der Waals surface area contributed by atoms with E-state index in [1.54, 1.807) is 30.5 Å². The number of carbonyl (C=O) groups excluding carboxylic acids is 4. The third kappa shape index (κ3) is 5.70. The number of carbonyl (C=O) groups is 4. The number of nitrogens with one attached hydrogen (secondary N) is 1. The van der Waals surface area contributed by atoms with Crippen LogP contribution in [-0.2, 0) is 23.6 Å². The number of hydrogen-bond donors (Lipinski definition) is 1. The third-order valence-electron chi connectivity index (χ3n) is 8.23. The first-order valence-electron chi connectivity index (χ1n) is 14.1. The number of hydrogen-bond acceptors (Lipinski definition) is 4. The maximum absolute atomic E-state index is 13.7. The molecule has 1 atom stereocenters. The second-order valence-electron chi connectivity index (χ2n) is 11.1. The fourth-order valence-corrected chi connectivity index (χ4v) is 5.94. The van der Waals surface area contributed by atoms with Gasteiger partial charge in [0.05, 0.1) is 28.3 Å². The molecule has 6 rings (SSSR count). The molecule has 0 bridgehead atoms. The Morgan fingerprint density at radius 1 is 0.804 bits per heavy atom. The predicted octanol–water partition coefficient (Wildman–Crippen LogP) is 5.40. The Kier molecular flexibility index (Phi) is 7.61. The van der Waals surface area contributed by atoms with Gasteiger partial charge in [0.1, 0.15) is 6.54 Å². The number of alkyl halides is 6. The molecule has 14 heteroatoms. The van der Waals surface area contributed by atoms with Gasteiger partial charge in [0, 0.05) is 42.3 Å². The van der Waals surface area contributed by atoms with Crippen LogP contribution in [0, 0.1) is 0 Å². The molecular formula is C32H24F6N4O4. The summed E-state index contributed by atoms with van der Waals surface area (Å²) in [5.41, 5.74) is -2.25. The molecule has 238 valence electrons. The number of aromatic amines is 1. The standard InChI is InChI=1S/C32H24F6N4O4/c33-31(34,35)20-11-18(12-21(14-20)32(36,37)38)28(44)41-10-9-40(16-22(41)13-19-15-39-26-8-4-3-5-23(19)26)27(43)17-42-29(45)24-6-1-2-7-25(24)30(42)46/h1-8,11-12,14-15,22,39H,9-10,13,16-17H2/t22-/m1/s1. The number of fused-ring (bicyclic) bond motifs is 2. The number of H-pyrrole nitrogens is 1. The Labute approximate surface area is 257 Å². The molecule has 0 unspecified atom stereocenters. The van der Waals surface area contributed by atoms with Crippen LogP contribution in [0.5, 0.6) is 0 Å². The van der Waals surface area contributed by atoms with Crippen molar-refractivity contribution in [2.24, 2.45) is 0 Å². The first-order chi connectivity index (χ1) is 21.7. The summed E-state index contributed by atoms with van der Waals surface area (Å²) in [5, 5.41) is 0.780. The molecule has 2 aliphatic heterocycles. The molecule has 4 aromatic rings. The lowest BCUT2D eigenvalue weighted by atomic mass is 9.98. The van der Waals surface area contributed by atoms with Crippen LogP contribution in [-0.4, -0.2) is 75.5 Å². The molecular weight excluding hydrogens is 618 g/mol. The van der Waals surface area contributed by atoms with Crippen LogP contribution in [0.3, 0.4) is 0 Å². The molecule has 8 nitrogen and oxygen atoms in total. The Bertz CT molecular complexity index is 1810. The Balaban J connectivity index is 1.30. The first kappa shape index (κ1) is 30.9. The quantitative estimate of drug-likeness (QED) is 0.233. The normalized spacial score (nSPS) is 17.2. The summed E-state index contributed by atoms with van der Waals surface area (Å²) in [6, 6.07) is 13.2. The van der Waals surface area contributed by atoms with Crippen molar-refractivity contribution in [2.45, 2.75) is 24.8 Å². The van der Waals surface area contributed by atoms with Gasteiger partial charge >= 0.3 is 12.4 Å². The first-order valence-corrected chi connectivity index (χ1v) is 14.1. The molecule has 0 radical (unpaired) electrons. The molecule has 1 N–H and O–H groups in total. The minimum absolute atomic E-state index is 0.0456. The van der Waals surface area contributed by atoms with Crippen molar-refractivity contribution in [2.75, 3.05) is 26.2 Å². The Morgan fingerprint density at radius 3 is 2.00 bits per heavy atom. The zero-order valence-electron chi connectivity index (χ0n) is 23.8. The smallest absolute Gasteiger partial charge is 0.361 e. The predicted molar refractivity (Wildman–Crippen MR) is 152 cm³/mol. The summed E-state index contributed by atoms with van der Waals surface area (Å²) in [4.78, 5) is 59.2. The SMILES string of the molecule is O=C(CN1C(=O)c2ccccc2C1=O)N1CCN(C(=O)c2cc(C(F)(F)F)cc(C(F)(F)F)c2)[C@H](Cc2c[nH]c3ccccc23)C1. The largest absolute Gasteiger partial charge is 0.416 e. The molecule has 0 spiro atoms. The van der Waals surface area contributed by atoms with Gasteiger partial charge in [-0.1, -0.05) is 30.3 Å². The van der Waals surface area contributed by atoms with Gasteiger partial charge in [0.2, 0.25) is 5.91 Å². The van der Waals surface area contributed by atoms with Crippen molar-refractivity contribution in [1.82, 2.24) is 19.7 Å². The van der Waals surface area contributed by atoms with E-state index in [1.807, 2.05) is 12.1 Å². The maximum atomic E-state index is 13.7. The second-order valence-corrected chi connectivity index (χ2v) is 11.1. The average Bonchev–Trinajstić information content (AvgIpc) is 3.53. The highest BCUT2D eigenvalue weighted by Crippen LogP contribution is 2.37. The zero-order valence-corrected chi connectivity index (χ0v) is 23.8. The van der Waals surface area contributed by atoms with E-state index in [9.17, 15) is 45.5 Å². The van der Waals surface area contributed by atoms with Gasteiger partial charge in [-0.25, -0.2) is 0 Å². The molecule has 1 fully saturated rings. The van der Waals surface area contributed by atoms with Crippen molar-refractivity contribution >= 4 is 34.5 Å². The Hall–Kier alpha value is -5.14. The summed E-state index contributed by atoms with van der Waals surface area (Å²) < 4.78 is 81.5. The van der Waals surface area contributed by atoms with E-state index in [-0.39, 0.29) is 43.2 Å². The van der Waals surface area contributed by atoms with Gasteiger partial charge < -0.3 is 14.8 Å². The van der Waals surface area contributed by atoms with E-state index in [0.29, 0.717) is 17.7 Å². The van der Waals surface area contributed by atoms with E-state index < -0.39 is 65.3 Å². The number of imide groups is 1. The van der Waals surface area contributed by atoms with Gasteiger partial charge in [-0.05, 0) is 48.4 Å². The molecule has 3 aromatic carbocycles. The fourth-order valence-electron chi connectivity index (χ4n) is 5.94. The van der Waals surface area contributed by atoms with E-state index in [1.165, 1.54) is 21.9 Å². The van der Waals surface area contributed by atoms with Crippen LogP contribution in [0.4, 0.5) is 26.3 Å². The third-order valence-corrected chi connectivity index (χ3v) is 8.23. The molecule has 1 saturated heterocycles. The van der Waals surface area contributed by atoms with Crippen molar-refractivity contribution in [3.05, 3.63) is 106 Å². The van der Waals surface area contributed by atoms with Crippen LogP contribution in [0.1, 0.15) is 47.8 Å². The molecule has 3 heterocycles. The van der Waals surface area contributed by atoms with Crippen molar-refractivity contribution < 1.29 is 45.5 Å². The summed E-state index contributed by atoms with van der Waals surface area (Å²) in [6.07, 6.45) is -8.51. The lowest BCUT2D eigenvalue weighted by molar-refractivity contribution is -0.143. The molecule has 0 saturated carbocycles. The van der Waals surface area contributed by atoms with E-state index in [0.717, 1.165) is 15.8 Å². The van der Waals surface area contributed by atoms with Crippen molar-refractivity contribution in [1.29, 1.82) is 0 Å². The lowest BCUT2D eigenvalue weighted by Gasteiger charge is -2.42. The topological polar surface area (TPSA) is 93.8 Å².